The zero-order chi connectivity index (χ0) is 17.6. The van der Waals surface area contributed by atoms with Gasteiger partial charge in [-0.15, -0.1) is 0 Å². The van der Waals surface area contributed by atoms with Crippen LogP contribution in [0.1, 0.15) is 21.6 Å². The highest BCUT2D eigenvalue weighted by molar-refractivity contribution is 6.30. The number of oxazole rings is 1. The number of hydrogen-bond acceptors (Lipinski definition) is 4. The van der Waals surface area contributed by atoms with Crippen LogP contribution in [0.5, 0.6) is 5.75 Å². The number of halogens is 1. The second-order valence-electron chi connectivity index (χ2n) is 5.65. The van der Waals surface area contributed by atoms with E-state index in [1.807, 2.05) is 6.92 Å². The average Bonchev–Trinajstić information content (AvgIpc) is 3.20. The lowest BCUT2D eigenvalue weighted by atomic mass is 10.0. The Hall–Kier alpha value is -3.05. The largest absolute Gasteiger partial charge is 0.508 e. The van der Waals surface area contributed by atoms with Gasteiger partial charge in [0.2, 0.25) is 0 Å². The lowest BCUT2D eigenvalue weighted by Gasteiger charge is -2.04. The predicted molar refractivity (Wildman–Crippen MR) is 94.6 cm³/mol. The Morgan fingerprint density at radius 1 is 1.20 bits per heavy atom. The standard InChI is InChI=1S/C19H13ClN2O3/c1-11-17(18(24)12-2-4-13(20)5-3-12)15-10-14(23)6-7-16(15)22(11)19-21-8-9-25-19/h2-10,23H,1H3. The average molecular weight is 353 g/mol. The van der Waals surface area contributed by atoms with E-state index in [9.17, 15) is 9.90 Å². The molecule has 6 heteroatoms. The lowest BCUT2D eigenvalue weighted by Crippen LogP contribution is -2.04. The van der Waals surface area contributed by atoms with Gasteiger partial charge in [-0.25, -0.2) is 4.98 Å². The minimum Gasteiger partial charge on any atom is -0.508 e. The van der Waals surface area contributed by atoms with Crippen LogP contribution in [0.3, 0.4) is 0 Å². The summed E-state index contributed by atoms with van der Waals surface area (Å²) in [5.41, 5.74) is 2.42. The maximum atomic E-state index is 13.1. The van der Waals surface area contributed by atoms with Crippen molar-refractivity contribution in [1.82, 2.24) is 9.55 Å². The molecule has 0 spiro atoms. The van der Waals surface area contributed by atoms with Gasteiger partial charge in [-0.1, -0.05) is 11.6 Å². The maximum Gasteiger partial charge on any atom is 0.306 e. The van der Waals surface area contributed by atoms with E-state index in [0.717, 1.165) is 5.52 Å². The minimum absolute atomic E-state index is 0.0854. The number of phenolic OH excluding ortho intramolecular Hbond substituents is 1. The Bertz CT molecular complexity index is 1080. The van der Waals surface area contributed by atoms with E-state index >= 15 is 0 Å². The summed E-state index contributed by atoms with van der Waals surface area (Å²) in [4.78, 5) is 17.3. The molecule has 124 valence electrons. The Labute approximate surface area is 148 Å². The summed E-state index contributed by atoms with van der Waals surface area (Å²) in [6, 6.07) is 12.0. The number of fused-ring (bicyclic) bond motifs is 1. The number of benzene rings is 2. The molecule has 0 atom stereocenters. The number of phenols is 1. The van der Waals surface area contributed by atoms with Crippen molar-refractivity contribution < 1.29 is 14.3 Å². The number of aromatic hydroxyl groups is 1. The molecule has 0 aliphatic heterocycles. The van der Waals surface area contributed by atoms with Gasteiger partial charge in [-0.05, 0) is 49.4 Å². The van der Waals surface area contributed by atoms with Crippen molar-refractivity contribution in [2.75, 3.05) is 0 Å². The summed E-state index contributed by atoms with van der Waals surface area (Å²) in [6.45, 7) is 1.82. The molecule has 4 rings (SSSR count). The maximum absolute atomic E-state index is 13.1. The number of nitrogens with zero attached hydrogens (tertiary/aromatic N) is 2. The van der Waals surface area contributed by atoms with Crippen molar-refractivity contribution in [1.29, 1.82) is 0 Å². The van der Waals surface area contributed by atoms with E-state index < -0.39 is 0 Å². The highest BCUT2D eigenvalue weighted by Crippen LogP contribution is 2.32. The molecule has 0 aliphatic carbocycles. The van der Waals surface area contributed by atoms with Gasteiger partial charge in [0.1, 0.15) is 12.0 Å². The molecule has 0 saturated carbocycles. The van der Waals surface area contributed by atoms with Crippen LogP contribution in [0.25, 0.3) is 16.9 Å². The molecule has 0 radical (unpaired) electrons. The van der Waals surface area contributed by atoms with Crippen molar-refractivity contribution in [3.05, 3.63) is 76.8 Å². The summed E-state index contributed by atoms with van der Waals surface area (Å²) >= 11 is 5.91. The molecular formula is C19H13ClN2O3. The van der Waals surface area contributed by atoms with Crippen LogP contribution < -0.4 is 0 Å². The Morgan fingerprint density at radius 3 is 2.64 bits per heavy atom. The molecule has 2 aromatic heterocycles. The molecular weight excluding hydrogens is 340 g/mol. The van der Waals surface area contributed by atoms with E-state index in [2.05, 4.69) is 4.98 Å². The number of aromatic nitrogens is 2. The number of carbonyl (C=O) groups is 1. The first-order chi connectivity index (χ1) is 12.1. The summed E-state index contributed by atoms with van der Waals surface area (Å²) in [6.07, 6.45) is 3.02. The van der Waals surface area contributed by atoms with Gasteiger partial charge in [0.05, 0.1) is 17.3 Å². The van der Waals surface area contributed by atoms with E-state index in [-0.39, 0.29) is 11.5 Å². The number of ketones is 1. The van der Waals surface area contributed by atoms with Crippen LogP contribution in [0.15, 0.2) is 59.3 Å². The zero-order valence-corrected chi connectivity index (χ0v) is 14.0. The van der Waals surface area contributed by atoms with E-state index in [0.29, 0.717) is 33.2 Å². The van der Waals surface area contributed by atoms with Gasteiger partial charge in [0, 0.05) is 21.7 Å². The SMILES string of the molecule is Cc1c(C(=O)c2ccc(Cl)cc2)c2cc(O)ccc2n1-c1ncco1. The topological polar surface area (TPSA) is 68.3 Å². The van der Waals surface area contributed by atoms with Gasteiger partial charge < -0.3 is 9.52 Å². The highest BCUT2D eigenvalue weighted by Gasteiger charge is 2.23. The molecule has 5 nitrogen and oxygen atoms in total. The molecule has 25 heavy (non-hydrogen) atoms. The summed E-state index contributed by atoms with van der Waals surface area (Å²) < 4.78 is 7.18. The molecule has 0 amide bonds. The third-order valence-electron chi connectivity index (χ3n) is 4.13. The Morgan fingerprint density at radius 2 is 1.96 bits per heavy atom. The van der Waals surface area contributed by atoms with Gasteiger partial charge in [-0.2, -0.15) is 0 Å². The van der Waals surface area contributed by atoms with Crippen molar-refractivity contribution in [2.45, 2.75) is 6.92 Å². The summed E-state index contributed by atoms with van der Waals surface area (Å²) in [7, 11) is 0. The monoisotopic (exact) mass is 352 g/mol. The summed E-state index contributed by atoms with van der Waals surface area (Å²) in [5.74, 6) is -0.0720. The molecule has 2 aromatic carbocycles. The molecule has 1 N–H and O–H groups in total. The second kappa shape index (κ2) is 5.79. The van der Waals surface area contributed by atoms with Crippen molar-refractivity contribution in [2.24, 2.45) is 0 Å². The smallest absolute Gasteiger partial charge is 0.306 e. The van der Waals surface area contributed by atoms with Crippen molar-refractivity contribution >= 4 is 28.3 Å². The van der Waals surface area contributed by atoms with E-state index in [4.69, 9.17) is 16.0 Å². The van der Waals surface area contributed by atoms with Crippen LogP contribution >= 0.6 is 11.6 Å². The van der Waals surface area contributed by atoms with E-state index in [1.54, 1.807) is 53.2 Å². The molecule has 0 bridgehead atoms. The Kier molecular flexibility index (Phi) is 3.58. The molecule has 4 aromatic rings. The number of hydrogen-bond donors (Lipinski definition) is 1. The van der Waals surface area contributed by atoms with Gasteiger partial charge in [0.25, 0.3) is 0 Å². The first-order valence-electron chi connectivity index (χ1n) is 7.60. The zero-order valence-electron chi connectivity index (χ0n) is 13.2. The van der Waals surface area contributed by atoms with Crippen LogP contribution in [0.2, 0.25) is 5.02 Å². The molecule has 0 unspecified atom stereocenters. The van der Waals surface area contributed by atoms with Gasteiger partial charge in [0.15, 0.2) is 5.78 Å². The number of rotatable bonds is 3. The van der Waals surface area contributed by atoms with Crippen LogP contribution in [-0.2, 0) is 0 Å². The minimum atomic E-state index is -0.157. The third-order valence-corrected chi connectivity index (χ3v) is 4.38. The van der Waals surface area contributed by atoms with Crippen molar-refractivity contribution in [3.63, 3.8) is 0 Å². The molecule has 0 fully saturated rings. The Balaban J connectivity index is 2.00. The van der Waals surface area contributed by atoms with Gasteiger partial charge >= 0.3 is 6.01 Å². The highest BCUT2D eigenvalue weighted by atomic mass is 35.5. The van der Waals surface area contributed by atoms with Crippen LogP contribution in [-0.4, -0.2) is 20.4 Å². The fraction of sp³-hybridized carbons (Fsp3) is 0.0526. The fourth-order valence-electron chi connectivity index (χ4n) is 3.01. The second-order valence-corrected chi connectivity index (χ2v) is 6.08. The first kappa shape index (κ1) is 15.5. The molecule has 2 heterocycles. The van der Waals surface area contributed by atoms with Crippen LogP contribution in [0.4, 0.5) is 0 Å². The first-order valence-corrected chi connectivity index (χ1v) is 7.98. The fourth-order valence-corrected chi connectivity index (χ4v) is 3.14. The lowest BCUT2D eigenvalue weighted by molar-refractivity contribution is 0.103. The molecule has 0 aliphatic rings. The predicted octanol–water partition coefficient (Wildman–Crippen LogP) is 4.52. The summed E-state index contributed by atoms with van der Waals surface area (Å²) in [5, 5.41) is 11.1. The molecule has 0 saturated heterocycles. The number of carbonyl (C=O) groups excluding carboxylic acids is 1. The van der Waals surface area contributed by atoms with Crippen molar-refractivity contribution in [3.8, 4) is 11.8 Å². The van der Waals surface area contributed by atoms with Crippen LogP contribution in [0, 0.1) is 6.92 Å². The van der Waals surface area contributed by atoms with Gasteiger partial charge in [-0.3, -0.25) is 9.36 Å². The normalized spacial score (nSPS) is 11.1. The quantitative estimate of drug-likeness (QED) is 0.550. The van der Waals surface area contributed by atoms with E-state index in [1.165, 1.54) is 6.26 Å². The third kappa shape index (κ3) is 2.49.